The molecule has 5 nitrogen and oxygen atoms in total. The number of carbonyl (C=O) groups excluding carboxylic acids is 1. The monoisotopic (exact) mass is 295 g/mol. The molecule has 120 valence electrons. The van der Waals surface area contributed by atoms with Gasteiger partial charge in [0.2, 0.25) is 5.91 Å². The summed E-state index contributed by atoms with van der Waals surface area (Å²) in [5, 5.41) is 6.53. The standard InChI is InChI=1S/C16H29N3O2/c20-15(14-4-7-17-12-14)18-13-16(5-10-21-11-6-16)19-8-2-1-3-9-19/h14,17H,1-13H2,(H,18,20). The van der Waals surface area contributed by atoms with E-state index in [0.717, 1.165) is 52.1 Å². The summed E-state index contributed by atoms with van der Waals surface area (Å²) in [6.45, 7) is 6.64. The summed E-state index contributed by atoms with van der Waals surface area (Å²) in [4.78, 5) is 14.9. The van der Waals surface area contributed by atoms with Gasteiger partial charge >= 0.3 is 0 Å². The maximum Gasteiger partial charge on any atom is 0.224 e. The highest BCUT2D eigenvalue weighted by Crippen LogP contribution is 2.30. The lowest BCUT2D eigenvalue weighted by molar-refractivity contribution is -0.126. The number of piperidine rings is 1. The first-order valence-corrected chi connectivity index (χ1v) is 8.61. The lowest BCUT2D eigenvalue weighted by Crippen LogP contribution is -2.60. The molecule has 3 saturated heterocycles. The van der Waals surface area contributed by atoms with E-state index in [1.54, 1.807) is 0 Å². The van der Waals surface area contributed by atoms with Gasteiger partial charge in [-0.1, -0.05) is 6.42 Å². The molecule has 0 saturated carbocycles. The first-order valence-electron chi connectivity index (χ1n) is 8.61. The number of amides is 1. The topological polar surface area (TPSA) is 53.6 Å². The second kappa shape index (κ2) is 7.07. The fourth-order valence-electron chi connectivity index (χ4n) is 4.00. The molecule has 3 rings (SSSR count). The van der Waals surface area contributed by atoms with Crippen molar-refractivity contribution in [1.29, 1.82) is 0 Å². The van der Waals surface area contributed by atoms with E-state index in [1.165, 1.54) is 32.4 Å². The number of rotatable bonds is 4. The van der Waals surface area contributed by atoms with Gasteiger partial charge < -0.3 is 15.4 Å². The number of nitrogens with one attached hydrogen (secondary N) is 2. The zero-order valence-corrected chi connectivity index (χ0v) is 13.0. The molecule has 0 radical (unpaired) electrons. The fourth-order valence-corrected chi connectivity index (χ4v) is 4.00. The molecule has 1 atom stereocenters. The molecule has 2 N–H and O–H groups in total. The minimum Gasteiger partial charge on any atom is -0.381 e. The number of nitrogens with zero attached hydrogens (tertiary/aromatic N) is 1. The lowest BCUT2D eigenvalue weighted by Gasteiger charge is -2.48. The third-order valence-corrected chi connectivity index (χ3v) is 5.47. The predicted molar refractivity (Wildman–Crippen MR) is 82.2 cm³/mol. The Morgan fingerprint density at radius 1 is 1.24 bits per heavy atom. The minimum absolute atomic E-state index is 0.139. The van der Waals surface area contributed by atoms with Crippen LogP contribution in [0, 0.1) is 5.92 Å². The molecule has 1 unspecified atom stereocenters. The largest absolute Gasteiger partial charge is 0.381 e. The van der Waals surface area contributed by atoms with Crippen molar-refractivity contribution in [1.82, 2.24) is 15.5 Å². The summed E-state index contributed by atoms with van der Waals surface area (Å²) in [6.07, 6.45) is 7.02. The number of carbonyl (C=O) groups is 1. The van der Waals surface area contributed by atoms with E-state index < -0.39 is 0 Å². The van der Waals surface area contributed by atoms with E-state index in [2.05, 4.69) is 15.5 Å². The molecule has 1 amide bonds. The molecule has 3 aliphatic rings. The number of hydrogen-bond acceptors (Lipinski definition) is 4. The summed E-state index contributed by atoms with van der Waals surface area (Å²) in [7, 11) is 0. The Kier molecular flexibility index (Phi) is 5.14. The second-order valence-corrected chi connectivity index (χ2v) is 6.79. The van der Waals surface area contributed by atoms with Crippen LogP contribution >= 0.6 is 0 Å². The molecule has 3 heterocycles. The van der Waals surface area contributed by atoms with E-state index >= 15 is 0 Å². The van der Waals surface area contributed by atoms with Gasteiger partial charge in [0.05, 0.1) is 5.92 Å². The van der Waals surface area contributed by atoms with Gasteiger partial charge in [0.1, 0.15) is 0 Å². The number of hydrogen-bond donors (Lipinski definition) is 2. The van der Waals surface area contributed by atoms with Gasteiger partial charge in [-0.2, -0.15) is 0 Å². The van der Waals surface area contributed by atoms with E-state index in [4.69, 9.17) is 4.74 Å². The van der Waals surface area contributed by atoms with Gasteiger partial charge in [-0.05, 0) is 51.7 Å². The van der Waals surface area contributed by atoms with Crippen LogP contribution in [0.2, 0.25) is 0 Å². The van der Waals surface area contributed by atoms with Crippen molar-refractivity contribution in [3.05, 3.63) is 0 Å². The fraction of sp³-hybridized carbons (Fsp3) is 0.938. The highest BCUT2D eigenvalue weighted by molar-refractivity contribution is 5.79. The summed E-state index contributed by atoms with van der Waals surface area (Å²) in [5.74, 6) is 0.408. The highest BCUT2D eigenvalue weighted by Gasteiger charge is 2.39. The van der Waals surface area contributed by atoms with Crippen LogP contribution in [-0.4, -0.2) is 62.3 Å². The van der Waals surface area contributed by atoms with Gasteiger partial charge in [0.25, 0.3) is 0 Å². The molecule has 0 aromatic heterocycles. The van der Waals surface area contributed by atoms with Gasteiger partial charge in [0.15, 0.2) is 0 Å². The summed E-state index contributed by atoms with van der Waals surface area (Å²) in [5.41, 5.74) is 0.139. The maximum absolute atomic E-state index is 12.3. The van der Waals surface area contributed by atoms with Crippen LogP contribution in [-0.2, 0) is 9.53 Å². The van der Waals surface area contributed by atoms with Crippen molar-refractivity contribution < 1.29 is 9.53 Å². The molecule has 0 bridgehead atoms. The normalized spacial score (nSPS) is 30.2. The maximum atomic E-state index is 12.3. The zero-order valence-electron chi connectivity index (χ0n) is 13.0. The third-order valence-electron chi connectivity index (χ3n) is 5.47. The lowest BCUT2D eigenvalue weighted by atomic mass is 9.86. The molecule has 5 heteroatoms. The SMILES string of the molecule is O=C(NCC1(N2CCCCC2)CCOCC1)C1CCNC1. The van der Waals surface area contributed by atoms with Gasteiger partial charge in [-0.15, -0.1) is 0 Å². The van der Waals surface area contributed by atoms with E-state index in [-0.39, 0.29) is 17.4 Å². The van der Waals surface area contributed by atoms with Crippen molar-refractivity contribution in [2.75, 3.05) is 45.9 Å². The van der Waals surface area contributed by atoms with Crippen LogP contribution in [0.3, 0.4) is 0 Å². The average molecular weight is 295 g/mol. The van der Waals surface area contributed by atoms with Crippen LogP contribution < -0.4 is 10.6 Å². The molecule has 3 fully saturated rings. The van der Waals surface area contributed by atoms with Crippen molar-refractivity contribution in [2.45, 2.75) is 44.1 Å². The van der Waals surface area contributed by atoms with Gasteiger partial charge in [-0.25, -0.2) is 0 Å². The van der Waals surface area contributed by atoms with E-state index in [0.29, 0.717) is 0 Å². The zero-order chi connectivity index (χ0) is 14.5. The molecule has 0 aliphatic carbocycles. The van der Waals surface area contributed by atoms with E-state index in [9.17, 15) is 4.79 Å². The van der Waals surface area contributed by atoms with Crippen LogP contribution in [0.5, 0.6) is 0 Å². The Balaban J connectivity index is 1.60. The Morgan fingerprint density at radius 2 is 2.00 bits per heavy atom. The molecular formula is C16H29N3O2. The predicted octanol–water partition coefficient (Wildman–Crippen LogP) is 0.747. The first-order chi connectivity index (χ1) is 10.3. The van der Waals surface area contributed by atoms with Crippen molar-refractivity contribution in [3.8, 4) is 0 Å². The van der Waals surface area contributed by atoms with Gasteiger partial charge in [-0.3, -0.25) is 9.69 Å². The summed E-state index contributed by atoms with van der Waals surface area (Å²) in [6, 6.07) is 0. The van der Waals surface area contributed by atoms with Crippen LogP contribution in [0.15, 0.2) is 0 Å². The van der Waals surface area contributed by atoms with Crippen LogP contribution in [0.25, 0.3) is 0 Å². The minimum atomic E-state index is 0.139. The number of ether oxygens (including phenoxy) is 1. The molecule has 0 aromatic rings. The van der Waals surface area contributed by atoms with Crippen molar-refractivity contribution >= 4 is 5.91 Å². The third kappa shape index (κ3) is 3.58. The number of likely N-dealkylation sites (tertiary alicyclic amines) is 1. The average Bonchev–Trinajstić information content (AvgIpc) is 3.09. The first kappa shape index (κ1) is 15.3. The van der Waals surface area contributed by atoms with Crippen LogP contribution in [0.4, 0.5) is 0 Å². The molecule has 0 aromatic carbocycles. The highest BCUT2D eigenvalue weighted by atomic mass is 16.5. The smallest absolute Gasteiger partial charge is 0.224 e. The van der Waals surface area contributed by atoms with E-state index in [1.807, 2.05) is 0 Å². The Morgan fingerprint density at radius 3 is 2.67 bits per heavy atom. The Hall–Kier alpha value is -0.650. The summed E-state index contributed by atoms with van der Waals surface area (Å²) < 4.78 is 5.57. The Bertz CT molecular complexity index is 343. The quantitative estimate of drug-likeness (QED) is 0.803. The molecule has 21 heavy (non-hydrogen) atoms. The van der Waals surface area contributed by atoms with Crippen LogP contribution in [0.1, 0.15) is 38.5 Å². The van der Waals surface area contributed by atoms with Gasteiger partial charge in [0, 0.05) is 31.8 Å². The second-order valence-electron chi connectivity index (χ2n) is 6.79. The molecule has 0 spiro atoms. The van der Waals surface area contributed by atoms with Crippen molar-refractivity contribution in [3.63, 3.8) is 0 Å². The molecule has 3 aliphatic heterocycles. The molecular weight excluding hydrogens is 266 g/mol. The summed E-state index contributed by atoms with van der Waals surface area (Å²) >= 11 is 0. The Labute approximate surface area is 127 Å². The van der Waals surface area contributed by atoms with Crippen molar-refractivity contribution in [2.24, 2.45) is 5.92 Å².